The SMILES string of the molecule is CN1CCNCC1c1noc(-c2cc3ccccc3c3cccnc23)n1. The quantitative estimate of drug-likeness (QED) is 0.563. The van der Waals surface area contributed by atoms with Crippen molar-refractivity contribution >= 4 is 21.7 Å². The number of piperazine rings is 1. The molecule has 4 aromatic rings. The van der Waals surface area contributed by atoms with Crippen molar-refractivity contribution in [3.63, 3.8) is 0 Å². The second-order valence-electron chi connectivity index (χ2n) is 6.70. The van der Waals surface area contributed by atoms with Crippen LogP contribution in [0.15, 0.2) is 53.2 Å². The van der Waals surface area contributed by atoms with Gasteiger partial charge < -0.3 is 9.84 Å². The van der Waals surface area contributed by atoms with Crippen molar-refractivity contribution in [3.05, 3.63) is 54.5 Å². The van der Waals surface area contributed by atoms with Gasteiger partial charge in [0.2, 0.25) is 0 Å². The molecule has 6 nitrogen and oxygen atoms in total. The summed E-state index contributed by atoms with van der Waals surface area (Å²) in [6.07, 6.45) is 1.80. The zero-order chi connectivity index (χ0) is 17.5. The number of benzene rings is 2. The molecule has 2 aromatic heterocycles. The normalized spacial score (nSPS) is 18.6. The monoisotopic (exact) mass is 345 g/mol. The molecule has 2 aromatic carbocycles. The van der Waals surface area contributed by atoms with E-state index < -0.39 is 0 Å². The third kappa shape index (κ3) is 2.46. The minimum absolute atomic E-state index is 0.126. The van der Waals surface area contributed by atoms with E-state index in [1.54, 1.807) is 6.20 Å². The molecule has 1 saturated heterocycles. The average molecular weight is 345 g/mol. The van der Waals surface area contributed by atoms with Gasteiger partial charge in [-0.3, -0.25) is 9.88 Å². The summed E-state index contributed by atoms with van der Waals surface area (Å²) in [5.74, 6) is 1.24. The Balaban J connectivity index is 1.67. The Morgan fingerprint density at radius 3 is 2.96 bits per heavy atom. The van der Waals surface area contributed by atoms with Crippen LogP contribution in [0.3, 0.4) is 0 Å². The van der Waals surface area contributed by atoms with E-state index in [0.29, 0.717) is 11.7 Å². The standard InChI is InChI=1S/C20H19N5O/c1-25-10-9-21-12-17(25)19-23-20(26-24-19)16-11-13-5-2-3-6-14(13)15-7-4-8-22-18(15)16/h2-8,11,17,21H,9-10,12H2,1H3. The molecule has 6 heteroatoms. The highest BCUT2D eigenvalue weighted by Gasteiger charge is 2.26. The minimum Gasteiger partial charge on any atom is -0.334 e. The van der Waals surface area contributed by atoms with Crippen molar-refractivity contribution in [3.8, 4) is 11.5 Å². The van der Waals surface area contributed by atoms with Gasteiger partial charge in [0.1, 0.15) is 0 Å². The van der Waals surface area contributed by atoms with Gasteiger partial charge in [-0.15, -0.1) is 0 Å². The van der Waals surface area contributed by atoms with E-state index in [2.05, 4.69) is 51.7 Å². The van der Waals surface area contributed by atoms with Crippen LogP contribution in [0.4, 0.5) is 0 Å². The second kappa shape index (κ2) is 6.16. The molecule has 1 unspecified atom stereocenters. The maximum atomic E-state index is 5.65. The first kappa shape index (κ1) is 15.4. The molecule has 1 atom stereocenters. The van der Waals surface area contributed by atoms with E-state index in [0.717, 1.165) is 41.5 Å². The minimum atomic E-state index is 0.126. The molecular formula is C20H19N5O. The lowest BCUT2D eigenvalue weighted by molar-refractivity contribution is 0.190. The number of rotatable bonds is 2. The largest absolute Gasteiger partial charge is 0.334 e. The molecule has 130 valence electrons. The van der Waals surface area contributed by atoms with Crippen LogP contribution in [0, 0.1) is 0 Å². The van der Waals surface area contributed by atoms with Crippen LogP contribution in [0.2, 0.25) is 0 Å². The van der Waals surface area contributed by atoms with E-state index in [4.69, 9.17) is 9.51 Å². The summed E-state index contributed by atoms with van der Waals surface area (Å²) < 4.78 is 5.65. The number of fused-ring (bicyclic) bond motifs is 3. The number of nitrogens with zero attached hydrogens (tertiary/aromatic N) is 4. The van der Waals surface area contributed by atoms with Crippen molar-refractivity contribution in [2.75, 3.05) is 26.7 Å². The summed E-state index contributed by atoms with van der Waals surface area (Å²) in [4.78, 5) is 11.6. The van der Waals surface area contributed by atoms with Crippen LogP contribution >= 0.6 is 0 Å². The summed E-state index contributed by atoms with van der Waals surface area (Å²) in [6.45, 7) is 2.78. The lowest BCUT2D eigenvalue weighted by Gasteiger charge is -2.30. The molecule has 1 N–H and O–H groups in total. The first-order chi connectivity index (χ1) is 12.8. The Bertz CT molecular complexity index is 1090. The summed E-state index contributed by atoms with van der Waals surface area (Å²) in [5, 5.41) is 11.1. The molecule has 0 aliphatic carbocycles. The Morgan fingerprint density at radius 2 is 2.04 bits per heavy atom. The van der Waals surface area contributed by atoms with E-state index >= 15 is 0 Å². The van der Waals surface area contributed by atoms with Crippen molar-refractivity contribution in [1.29, 1.82) is 0 Å². The predicted octanol–water partition coefficient (Wildman–Crippen LogP) is 3.01. The zero-order valence-corrected chi connectivity index (χ0v) is 14.5. The lowest BCUT2D eigenvalue weighted by Crippen LogP contribution is -2.44. The van der Waals surface area contributed by atoms with Gasteiger partial charge in [-0.05, 0) is 30.0 Å². The number of hydrogen-bond donors (Lipinski definition) is 1. The Labute approximate surface area is 150 Å². The van der Waals surface area contributed by atoms with Crippen LogP contribution in [0.5, 0.6) is 0 Å². The molecule has 0 spiro atoms. The number of hydrogen-bond acceptors (Lipinski definition) is 6. The number of pyridine rings is 1. The first-order valence-corrected chi connectivity index (χ1v) is 8.83. The van der Waals surface area contributed by atoms with Gasteiger partial charge >= 0.3 is 0 Å². The van der Waals surface area contributed by atoms with Gasteiger partial charge in [0.15, 0.2) is 5.82 Å². The van der Waals surface area contributed by atoms with Crippen LogP contribution in [0.1, 0.15) is 11.9 Å². The van der Waals surface area contributed by atoms with E-state index in [1.807, 2.05) is 18.2 Å². The Kier molecular flexibility index (Phi) is 3.65. The van der Waals surface area contributed by atoms with Crippen LogP contribution in [-0.2, 0) is 0 Å². The highest BCUT2D eigenvalue weighted by molar-refractivity contribution is 6.11. The lowest BCUT2D eigenvalue weighted by atomic mass is 10.0. The molecule has 0 amide bonds. The number of likely N-dealkylation sites (N-methyl/N-ethyl adjacent to an activating group) is 1. The topological polar surface area (TPSA) is 67.1 Å². The van der Waals surface area contributed by atoms with Crippen LogP contribution in [-0.4, -0.2) is 46.7 Å². The second-order valence-corrected chi connectivity index (χ2v) is 6.70. The summed E-state index contributed by atoms with van der Waals surface area (Å²) in [6, 6.07) is 14.6. The van der Waals surface area contributed by atoms with Crippen molar-refractivity contribution < 1.29 is 4.52 Å². The fourth-order valence-electron chi connectivity index (χ4n) is 3.67. The van der Waals surface area contributed by atoms with Gasteiger partial charge in [-0.1, -0.05) is 35.5 Å². The Morgan fingerprint density at radius 1 is 1.15 bits per heavy atom. The smallest absolute Gasteiger partial charge is 0.260 e. The number of aromatic nitrogens is 3. The summed E-state index contributed by atoms with van der Waals surface area (Å²) in [7, 11) is 2.09. The maximum absolute atomic E-state index is 5.65. The molecule has 5 rings (SSSR count). The van der Waals surface area contributed by atoms with Crippen LogP contribution < -0.4 is 5.32 Å². The molecule has 26 heavy (non-hydrogen) atoms. The third-order valence-electron chi connectivity index (χ3n) is 5.09. The molecule has 1 fully saturated rings. The highest BCUT2D eigenvalue weighted by Crippen LogP contribution is 2.33. The average Bonchev–Trinajstić information content (AvgIpc) is 3.17. The molecule has 3 heterocycles. The molecule has 1 aliphatic rings. The van der Waals surface area contributed by atoms with Gasteiger partial charge in [-0.25, -0.2) is 0 Å². The van der Waals surface area contributed by atoms with Crippen molar-refractivity contribution in [1.82, 2.24) is 25.3 Å². The van der Waals surface area contributed by atoms with Crippen molar-refractivity contribution in [2.45, 2.75) is 6.04 Å². The molecule has 0 saturated carbocycles. The highest BCUT2D eigenvalue weighted by atomic mass is 16.5. The predicted molar refractivity (Wildman–Crippen MR) is 101 cm³/mol. The fourth-order valence-corrected chi connectivity index (χ4v) is 3.67. The molecule has 0 bridgehead atoms. The van der Waals surface area contributed by atoms with E-state index in [1.165, 1.54) is 5.39 Å². The van der Waals surface area contributed by atoms with E-state index in [9.17, 15) is 0 Å². The summed E-state index contributed by atoms with van der Waals surface area (Å²) in [5.41, 5.74) is 1.76. The van der Waals surface area contributed by atoms with Crippen molar-refractivity contribution in [2.24, 2.45) is 0 Å². The maximum Gasteiger partial charge on any atom is 0.260 e. The van der Waals surface area contributed by atoms with Gasteiger partial charge in [0, 0.05) is 31.2 Å². The summed E-state index contributed by atoms with van der Waals surface area (Å²) >= 11 is 0. The number of nitrogens with one attached hydrogen (secondary N) is 1. The third-order valence-corrected chi connectivity index (χ3v) is 5.09. The molecule has 0 radical (unpaired) electrons. The van der Waals surface area contributed by atoms with Gasteiger partial charge in [0.05, 0.1) is 17.1 Å². The Hall–Kier alpha value is -2.83. The van der Waals surface area contributed by atoms with E-state index in [-0.39, 0.29) is 6.04 Å². The first-order valence-electron chi connectivity index (χ1n) is 8.83. The zero-order valence-electron chi connectivity index (χ0n) is 14.5. The van der Waals surface area contributed by atoms with Crippen LogP contribution in [0.25, 0.3) is 33.1 Å². The molecular weight excluding hydrogens is 326 g/mol. The fraction of sp³-hybridized carbons (Fsp3) is 0.250. The molecule has 1 aliphatic heterocycles. The van der Waals surface area contributed by atoms with Gasteiger partial charge in [0.25, 0.3) is 5.89 Å². The van der Waals surface area contributed by atoms with Gasteiger partial charge in [-0.2, -0.15) is 4.98 Å².